The minimum atomic E-state index is 0.00843. The molecule has 6 aromatic carbocycles. The Kier molecular flexibility index (Phi) is 15.5. The summed E-state index contributed by atoms with van der Waals surface area (Å²) in [5.74, 6) is 1.83. The normalized spacial score (nSPS) is 12.0. The van der Waals surface area contributed by atoms with Crippen molar-refractivity contribution in [1.29, 1.82) is 0 Å². The molecule has 0 amide bonds. The van der Waals surface area contributed by atoms with Crippen molar-refractivity contribution in [2.45, 2.75) is 104 Å². The molecule has 7 rings (SSSR count). The van der Waals surface area contributed by atoms with Crippen molar-refractivity contribution >= 4 is 22.9 Å². The Bertz CT molecular complexity index is 2140. The molecule has 3 nitrogen and oxygen atoms in total. The summed E-state index contributed by atoms with van der Waals surface area (Å²) in [6.45, 7) is 6.04. The van der Waals surface area contributed by atoms with Gasteiger partial charge in [-0.1, -0.05) is 212 Å². The van der Waals surface area contributed by atoms with Gasteiger partial charge in [-0.05, 0) is 81.6 Å². The highest BCUT2D eigenvalue weighted by Crippen LogP contribution is 2.40. The lowest BCUT2D eigenvalue weighted by Gasteiger charge is -2.25. The van der Waals surface area contributed by atoms with E-state index in [-0.39, 0.29) is 5.78 Å². The van der Waals surface area contributed by atoms with Crippen LogP contribution in [-0.4, -0.2) is 23.9 Å². The van der Waals surface area contributed by atoms with Crippen molar-refractivity contribution in [3.63, 3.8) is 0 Å². The zero-order chi connectivity index (χ0) is 41.5. The second-order valence-corrected chi connectivity index (χ2v) is 16.7. The summed E-state index contributed by atoms with van der Waals surface area (Å²) in [6.07, 6.45) is 17.8. The predicted octanol–water partition coefficient (Wildman–Crippen LogP) is 15.9. The van der Waals surface area contributed by atoms with Crippen LogP contribution in [0, 0.1) is 0 Å². The maximum atomic E-state index is 14.2. The number of hydrogen-bond donors (Lipinski definition) is 0. The van der Waals surface area contributed by atoms with E-state index in [1.165, 1.54) is 77.0 Å². The molecule has 0 bridgehead atoms. The van der Waals surface area contributed by atoms with Crippen LogP contribution in [0.1, 0.15) is 131 Å². The van der Waals surface area contributed by atoms with Crippen molar-refractivity contribution in [1.82, 2.24) is 0 Å². The number of unbranched alkanes of at least 4 members (excludes halogenated alkanes) is 12. The molecule has 0 unspecified atom stereocenters. The summed E-state index contributed by atoms with van der Waals surface area (Å²) >= 11 is 6.33. The van der Waals surface area contributed by atoms with Gasteiger partial charge in [0.1, 0.15) is 11.5 Å². The molecule has 0 saturated carbocycles. The van der Waals surface area contributed by atoms with Crippen molar-refractivity contribution in [3.8, 4) is 56.0 Å². The monoisotopic (exact) mass is 812 g/mol. The number of thiocarbonyl (C=S) groups is 1. The fourth-order valence-corrected chi connectivity index (χ4v) is 8.83. The third-order valence-electron chi connectivity index (χ3n) is 11.9. The van der Waals surface area contributed by atoms with Gasteiger partial charge in [0.05, 0.1) is 18.1 Å². The molecule has 4 heteroatoms. The Morgan fingerprint density at radius 2 is 0.667 bits per heavy atom. The van der Waals surface area contributed by atoms with Crippen LogP contribution in [0.3, 0.4) is 0 Å². The Labute approximate surface area is 364 Å². The van der Waals surface area contributed by atoms with Crippen LogP contribution in [0.25, 0.3) is 44.5 Å². The highest BCUT2D eigenvalue weighted by molar-refractivity contribution is 7.81. The van der Waals surface area contributed by atoms with Crippen LogP contribution < -0.4 is 9.47 Å². The van der Waals surface area contributed by atoms with Crippen molar-refractivity contribution in [2.24, 2.45) is 0 Å². The number of carbonyl (C=O) groups is 1. The maximum Gasteiger partial charge on any atom is 0.194 e. The molecule has 0 N–H and O–H groups in total. The van der Waals surface area contributed by atoms with Gasteiger partial charge in [-0.25, -0.2) is 0 Å². The quantitative estimate of drug-likeness (QED) is 0.0504. The summed E-state index contributed by atoms with van der Waals surface area (Å²) in [4.78, 5) is 14.9. The summed E-state index contributed by atoms with van der Waals surface area (Å²) in [5, 5.41) is 0. The molecule has 0 spiro atoms. The van der Waals surface area contributed by atoms with Crippen LogP contribution >= 0.6 is 12.2 Å². The first kappa shape index (κ1) is 42.8. The molecular formula is C56H60O3S. The highest BCUT2D eigenvalue weighted by atomic mass is 32.1. The fraction of sp³-hybridized carbons (Fsp3) is 0.321. The second kappa shape index (κ2) is 21.8. The van der Waals surface area contributed by atoms with Crippen LogP contribution in [0.15, 0.2) is 133 Å². The van der Waals surface area contributed by atoms with Crippen LogP contribution in [-0.2, 0) is 0 Å². The lowest BCUT2D eigenvalue weighted by molar-refractivity contribution is 0.103. The Balaban J connectivity index is 1.01. The Hall–Kier alpha value is -5.32. The van der Waals surface area contributed by atoms with E-state index >= 15 is 0 Å². The van der Waals surface area contributed by atoms with Crippen LogP contribution in [0.4, 0.5) is 0 Å². The van der Waals surface area contributed by atoms with Gasteiger partial charge in [0.15, 0.2) is 5.78 Å². The summed E-state index contributed by atoms with van der Waals surface area (Å²) < 4.78 is 12.1. The molecule has 1 aliphatic rings. The second-order valence-electron chi connectivity index (χ2n) is 16.3. The van der Waals surface area contributed by atoms with E-state index in [1.54, 1.807) is 0 Å². The third kappa shape index (κ3) is 10.7. The van der Waals surface area contributed by atoms with E-state index in [2.05, 4.69) is 123 Å². The molecule has 0 heterocycles. The molecule has 308 valence electrons. The predicted molar refractivity (Wildman–Crippen MR) is 256 cm³/mol. The molecule has 0 saturated heterocycles. The lowest BCUT2D eigenvalue weighted by atomic mass is 9.78. The number of benzene rings is 6. The summed E-state index contributed by atoms with van der Waals surface area (Å²) in [7, 11) is 0. The van der Waals surface area contributed by atoms with Crippen molar-refractivity contribution in [3.05, 3.63) is 156 Å². The first-order valence-electron chi connectivity index (χ1n) is 22.6. The van der Waals surface area contributed by atoms with Gasteiger partial charge in [-0.2, -0.15) is 0 Å². The Morgan fingerprint density at radius 1 is 0.367 bits per heavy atom. The highest BCUT2D eigenvalue weighted by Gasteiger charge is 2.31. The molecular weight excluding hydrogens is 753 g/mol. The molecule has 6 aromatic rings. The Morgan fingerprint density at radius 3 is 1.03 bits per heavy atom. The fourth-order valence-electron chi connectivity index (χ4n) is 8.39. The molecule has 1 aliphatic carbocycles. The van der Waals surface area contributed by atoms with Crippen LogP contribution in [0.5, 0.6) is 11.5 Å². The number of ketones is 1. The number of rotatable bonds is 22. The number of hydrogen-bond acceptors (Lipinski definition) is 4. The number of carbonyl (C=O) groups excluding carboxylic acids is 1. The standard InChI is InChI=1S/C56H60O3S/c1-3-5-7-9-11-13-15-39-58-47-35-31-43(32-36-47)41-23-27-45(28-24-41)49-19-17-21-51-53(49)56(60)54-50(20-18-22-52(54)55(51)57)46-29-25-42(26-30-46)44-33-37-48(38-34-44)59-40-16-14-12-10-8-6-4-2/h17-38H,3-16,39-40H2,1-2H3. The zero-order valence-corrected chi connectivity index (χ0v) is 36.5. The zero-order valence-electron chi connectivity index (χ0n) is 35.6. The first-order chi connectivity index (χ1) is 29.6. The third-order valence-corrected chi connectivity index (χ3v) is 12.3. The van der Waals surface area contributed by atoms with Gasteiger partial charge in [-0.15, -0.1) is 0 Å². The maximum absolute atomic E-state index is 14.2. The van der Waals surface area contributed by atoms with Gasteiger partial charge >= 0.3 is 0 Å². The van der Waals surface area contributed by atoms with E-state index < -0.39 is 0 Å². The average molecular weight is 813 g/mol. The first-order valence-corrected chi connectivity index (χ1v) is 23.0. The number of fused-ring (bicyclic) bond motifs is 2. The van der Waals surface area contributed by atoms with Gasteiger partial charge in [0.25, 0.3) is 0 Å². The average Bonchev–Trinajstić information content (AvgIpc) is 3.30. The van der Waals surface area contributed by atoms with E-state index in [0.717, 1.165) is 93.2 Å². The molecule has 0 aliphatic heterocycles. The van der Waals surface area contributed by atoms with Gasteiger partial charge in [0.2, 0.25) is 0 Å². The molecule has 60 heavy (non-hydrogen) atoms. The van der Waals surface area contributed by atoms with Gasteiger partial charge in [-0.3, -0.25) is 4.79 Å². The van der Waals surface area contributed by atoms with Crippen molar-refractivity contribution in [2.75, 3.05) is 13.2 Å². The minimum Gasteiger partial charge on any atom is -0.494 e. The van der Waals surface area contributed by atoms with Crippen molar-refractivity contribution < 1.29 is 14.3 Å². The smallest absolute Gasteiger partial charge is 0.194 e. The van der Waals surface area contributed by atoms with Crippen LogP contribution in [0.2, 0.25) is 0 Å². The summed E-state index contributed by atoms with van der Waals surface area (Å²) in [5.41, 5.74) is 11.5. The molecule has 0 radical (unpaired) electrons. The molecule has 0 aromatic heterocycles. The minimum absolute atomic E-state index is 0.00843. The lowest BCUT2D eigenvalue weighted by Crippen LogP contribution is -2.22. The summed E-state index contributed by atoms with van der Waals surface area (Å²) in [6, 6.07) is 45.8. The largest absolute Gasteiger partial charge is 0.494 e. The topological polar surface area (TPSA) is 35.5 Å². The molecule has 0 fully saturated rings. The van der Waals surface area contributed by atoms with Gasteiger partial charge < -0.3 is 9.47 Å². The van der Waals surface area contributed by atoms with E-state index in [4.69, 9.17) is 21.7 Å². The molecule has 0 atom stereocenters. The van der Waals surface area contributed by atoms with E-state index in [9.17, 15) is 4.79 Å². The van der Waals surface area contributed by atoms with Gasteiger partial charge in [0, 0.05) is 22.3 Å². The van der Waals surface area contributed by atoms with E-state index in [1.807, 2.05) is 24.3 Å². The van der Waals surface area contributed by atoms with E-state index in [0.29, 0.717) is 16.0 Å². The SMILES string of the molecule is CCCCCCCCCOc1ccc(-c2ccc(-c3cccc4c3C(=S)c3c(cccc3-c3ccc(-c5ccc(OCCCCCCCCC)cc5)cc3)C4=O)cc2)cc1. The number of ether oxygens (including phenoxy) is 2.